The van der Waals surface area contributed by atoms with Gasteiger partial charge in [-0.25, -0.2) is 9.79 Å². The number of aryl methyl sites for hydroxylation is 3. The minimum absolute atomic E-state index is 0.224. The van der Waals surface area contributed by atoms with Crippen LogP contribution in [0, 0.1) is 20.8 Å². The van der Waals surface area contributed by atoms with Crippen LogP contribution in [0.5, 0.6) is 11.5 Å². The van der Waals surface area contributed by atoms with E-state index in [1.54, 1.807) is 25.3 Å². The highest BCUT2D eigenvalue weighted by molar-refractivity contribution is 6.12. The van der Waals surface area contributed by atoms with Crippen molar-refractivity contribution in [2.75, 3.05) is 7.11 Å². The van der Waals surface area contributed by atoms with Crippen LogP contribution in [0.1, 0.15) is 33.7 Å². The van der Waals surface area contributed by atoms with Crippen LogP contribution >= 0.6 is 0 Å². The third-order valence-corrected chi connectivity index (χ3v) is 4.96. The highest BCUT2D eigenvalue weighted by atomic mass is 16.6. The predicted molar refractivity (Wildman–Crippen MR) is 115 cm³/mol. The van der Waals surface area contributed by atoms with Crippen molar-refractivity contribution >= 4 is 17.9 Å². The zero-order chi connectivity index (χ0) is 22.0. The number of ether oxygens (including phenoxy) is 3. The van der Waals surface area contributed by atoms with E-state index in [1.165, 1.54) is 0 Å². The number of aromatic nitrogens is 1. The summed E-state index contributed by atoms with van der Waals surface area (Å²) >= 11 is 0. The molecule has 31 heavy (non-hydrogen) atoms. The molecule has 0 saturated carbocycles. The number of methoxy groups -OCH3 is 1. The minimum Gasteiger partial charge on any atom is -0.493 e. The predicted octanol–water partition coefficient (Wildman–Crippen LogP) is 4.53. The first-order valence-corrected chi connectivity index (χ1v) is 9.77. The van der Waals surface area contributed by atoms with Gasteiger partial charge in [-0.1, -0.05) is 28.9 Å². The standard InChI is InChI=1S/C24H22N2O5/c1-14-5-8-18(9-6-14)23-25-20(24(27)30-23)11-17-7-10-21(22(12-17)28-4)29-13-19-15(2)26-31-16(19)3/h5-12H,13H2,1-4H3/b20-11-. The molecule has 0 spiro atoms. The van der Waals surface area contributed by atoms with Gasteiger partial charge in [0.2, 0.25) is 5.90 Å². The van der Waals surface area contributed by atoms with Crippen molar-refractivity contribution in [3.63, 3.8) is 0 Å². The Morgan fingerprint density at radius 3 is 2.48 bits per heavy atom. The average molecular weight is 418 g/mol. The number of carbonyl (C=O) groups excluding carboxylic acids is 1. The summed E-state index contributed by atoms with van der Waals surface area (Å²) in [6.07, 6.45) is 1.66. The van der Waals surface area contributed by atoms with E-state index >= 15 is 0 Å². The summed E-state index contributed by atoms with van der Waals surface area (Å²) in [5.74, 6) is 1.63. The number of nitrogens with zero attached hydrogens (tertiary/aromatic N) is 2. The lowest BCUT2D eigenvalue weighted by Crippen LogP contribution is -2.05. The second-order valence-electron chi connectivity index (χ2n) is 7.20. The van der Waals surface area contributed by atoms with Gasteiger partial charge in [-0.2, -0.15) is 0 Å². The van der Waals surface area contributed by atoms with Gasteiger partial charge >= 0.3 is 5.97 Å². The Bertz CT molecular complexity index is 1170. The molecule has 0 bridgehead atoms. The summed E-state index contributed by atoms with van der Waals surface area (Å²) in [5, 5.41) is 3.93. The number of cyclic esters (lactones) is 1. The van der Waals surface area contributed by atoms with Crippen LogP contribution < -0.4 is 9.47 Å². The van der Waals surface area contributed by atoms with E-state index < -0.39 is 5.97 Å². The molecule has 3 aromatic rings. The van der Waals surface area contributed by atoms with Crippen molar-refractivity contribution < 1.29 is 23.5 Å². The van der Waals surface area contributed by atoms with Crippen LogP contribution in [0.2, 0.25) is 0 Å². The van der Waals surface area contributed by atoms with Crippen molar-refractivity contribution in [2.45, 2.75) is 27.4 Å². The van der Waals surface area contributed by atoms with Crippen molar-refractivity contribution in [2.24, 2.45) is 4.99 Å². The van der Waals surface area contributed by atoms with Gasteiger partial charge in [0.25, 0.3) is 0 Å². The fourth-order valence-electron chi connectivity index (χ4n) is 3.14. The summed E-state index contributed by atoms with van der Waals surface area (Å²) in [5.41, 5.74) is 4.53. The first-order chi connectivity index (χ1) is 14.9. The van der Waals surface area contributed by atoms with Gasteiger partial charge in [0.15, 0.2) is 17.2 Å². The van der Waals surface area contributed by atoms with Gasteiger partial charge in [-0.3, -0.25) is 0 Å². The Hall–Kier alpha value is -3.87. The molecule has 0 radical (unpaired) electrons. The molecule has 4 rings (SSSR count). The first kappa shape index (κ1) is 20.4. The Balaban J connectivity index is 1.55. The van der Waals surface area contributed by atoms with Gasteiger partial charge in [0.05, 0.1) is 18.4 Å². The third kappa shape index (κ3) is 4.35. The molecule has 0 aliphatic carbocycles. The smallest absolute Gasteiger partial charge is 0.363 e. The topological polar surface area (TPSA) is 83.2 Å². The van der Waals surface area contributed by atoms with Crippen LogP contribution in [0.4, 0.5) is 0 Å². The van der Waals surface area contributed by atoms with Crippen molar-refractivity contribution in [1.82, 2.24) is 5.16 Å². The molecule has 2 aromatic carbocycles. The minimum atomic E-state index is -0.492. The lowest BCUT2D eigenvalue weighted by atomic mass is 10.1. The third-order valence-electron chi connectivity index (χ3n) is 4.96. The molecule has 0 atom stereocenters. The van der Waals surface area contributed by atoms with Crippen LogP contribution in [-0.2, 0) is 16.1 Å². The number of hydrogen-bond acceptors (Lipinski definition) is 7. The maximum Gasteiger partial charge on any atom is 0.363 e. The number of hydrogen-bond donors (Lipinski definition) is 0. The van der Waals surface area contributed by atoms with Gasteiger partial charge in [-0.15, -0.1) is 0 Å². The molecule has 1 aliphatic rings. The van der Waals surface area contributed by atoms with Gasteiger partial charge in [-0.05, 0) is 56.7 Å². The number of benzene rings is 2. The molecule has 1 aliphatic heterocycles. The number of esters is 1. The molecular formula is C24H22N2O5. The summed E-state index contributed by atoms with van der Waals surface area (Å²) in [6, 6.07) is 13.0. The Morgan fingerprint density at radius 2 is 1.81 bits per heavy atom. The lowest BCUT2D eigenvalue weighted by molar-refractivity contribution is -0.129. The zero-order valence-corrected chi connectivity index (χ0v) is 17.8. The Labute approximate surface area is 179 Å². The second kappa shape index (κ2) is 8.47. The van der Waals surface area contributed by atoms with E-state index in [0.717, 1.165) is 33.7 Å². The lowest BCUT2D eigenvalue weighted by Gasteiger charge is -2.11. The largest absolute Gasteiger partial charge is 0.493 e. The van der Waals surface area contributed by atoms with Crippen molar-refractivity contribution in [1.29, 1.82) is 0 Å². The molecule has 158 valence electrons. The molecule has 0 unspecified atom stereocenters. The molecule has 1 aromatic heterocycles. The number of carbonyl (C=O) groups is 1. The van der Waals surface area contributed by atoms with Crippen molar-refractivity contribution in [3.05, 3.63) is 81.9 Å². The zero-order valence-electron chi connectivity index (χ0n) is 17.8. The van der Waals surface area contributed by atoms with E-state index in [1.807, 2.05) is 51.1 Å². The molecule has 7 heteroatoms. The Morgan fingerprint density at radius 1 is 1.03 bits per heavy atom. The van der Waals surface area contributed by atoms with Crippen LogP contribution in [0.15, 0.2) is 57.7 Å². The maximum atomic E-state index is 12.3. The van der Waals surface area contributed by atoms with E-state index in [0.29, 0.717) is 24.0 Å². The van der Waals surface area contributed by atoms with Crippen LogP contribution in [-0.4, -0.2) is 24.1 Å². The quantitative estimate of drug-likeness (QED) is 0.432. The van der Waals surface area contributed by atoms with Gasteiger partial charge in [0, 0.05) is 5.56 Å². The average Bonchev–Trinajstić information content (AvgIpc) is 3.29. The molecule has 0 saturated heterocycles. The Kier molecular flexibility index (Phi) is 5.58. The highest BCUT2D eigenvalue weighted by Gasteiger charge is 2.24. The fourth-order valence-corrected chi connectivity index (χ4v) is 3.14. The number of rotatable bonds is 6. The van der Waals surface area contributed by atoms with E-state index in [9.17, 15) is 4.79 Å². The SMILES string of the molecule is COc1cc(/C=C2\N=C(c3ccc(C)cc3)OC2=O)ccc1OCc1c(C)noc1C. The molecular weight excluding hydrogens is 396 g/mol. The van der Waals surface area contributed by atoms with Crippen molar-refractivity contribution in [3.8, 4) is 11.5 Å². The normalized spacial score (nSPS) is 14.5. The molecule has 0 amide bonds. The highest BCUT2D eigenvalue weighted by Crippen LogP contribution is 2.31. The van der Waals surface area contributed by atoms with E-state index in [-0.39, 0.29) is 5.70 Å². The monoisotopic (exact) mass is 418 g/mol. The molecule has 0 N–H and O–H groups in total. The summed E-state index contributed by atoms with van der Waals surface area (Å²) in [4.78, 5) is 16.6. The first-order valence-electron chi connectivity index (χ1n) is 9.77. The van der Waals surface area contributed by atoms with Gasteiger partial charge < -0.3 is 18.7 Å². The number of aliphatic imine (C=N–C) groups is 1. The van der Waals surface area contributed by atoms with E-state index in [4.69, 9.17) is 18.7 Å². The summed E-state index contributed by atoms with van der Waals surface area (Å²) < 4.78 is 21.9. The molecule has 0 fully saturated rings. The molecule has 2 heterocycles. The second-order valence-corrected chi connectivity index (χ2v) is 7.20. The van der Waals surface area contributed by atoms with E-state index in [2.05, 4.69) is 10.1 Å². The maximum absolute atomic E-state index is 12.3. The summed E-state index contributed by atoms with van der Waals surface area (Å²) in [6.45, 7) is 6.02. The van der Waals surface area contributed by atoms with Crippen LogP contribution in [0.25, 0.3) is 6.08 Å². The van der Waals surface area contributed by atoms with Gasteiger partial charge in [0.1, 0.15) is 12.4 Å². The fraction of sp³-hybridized carbons (Fsp3) is 0.208. The molecule has 7 nitrogen and oxygen atoms in total. The summed E-state index contributed by atoms with van der Waals surface area (Å²) in [7, 11) is 1.56. The van der Waals surface area contributed by atoms with Crippen LogP contribution in [0.3, 0.4) is 0 Å².